The Morgan fingerprint density at radius 1 is 1.17 bits per heavy atom. The lowest BCUT2D eigenvalue weighted by Gasteiger charge is -2.22. The molecule has 5 nitrogen and oxygen atoms in total. The van der Waals surface area contributed by atoms with Crippen molar-refractivity contribution in [1.82, 2.24) is 4.98 Å². The van der Waals surface area contributed by atoms with Crippen LogP contribution in [0.2, 0.25) is 0 Å². The topological polar surface area (TPSA) is 60.5 Å². The van der Waals surface area contributed by atoms with Crippen molar-refractivity contribution in [2.45, 2.75) is 25.9 Å². The Morgan fingerprint density at radius 2 is 1.91 bits per heavy atom. The second kappa shape index (κ2) is 7.24. The molecule has 2 heterocycles. The number of nitrogens with one attached hydrogen (secondary N) is 1. The number of amides is 1. The van der Waals surface area contributed by atoms with Crippen molar-refractivity contribution in [3.05, 3.63) is 53.7 Å². The van der Waals surface area contributed by atoms with Gasteiger partial charge in [-0.1, -0.05) is 17.7 Å². The molecule has 1 saturated heterocycles. The summed E-state index contributed by atoms with van der Waals surface area (Å²) in [6.07, 6.45) is 3.43. The van der Waals surface area contributed by atoms with Crippen LogP contribution in [0.4, 0.5) is 5.69 Å². The predicted octanol–water partition coefficient (Wildman–Crippen LogP) is 3.20. The van der Waals surface area contributed by atoms with E-state index in [1.165, 1.54) is 6.20 Å². The minimum absolute atomic E-state index is 0.142. The van der Waals surface area contributed by atoms with E-state index in [-0.39, 0.29) is 12.0 Å². The molecule has 0 aliphatic carbocycles. The van der Waals surface area contributed by atoms with E-state index in [4.69, 9.17) is 9.47 Å². The molecule has 1 aromatic carbocycles. The third kappa shape index (κ3) is 4.29. The number of benzene rings is 1. The summed E-state index contributed by atoms with van der Waals surface area (Å²) in [4.78, 5) is 16.4. The molecule has 2 aromatic rings. The van der Waals surface area contributed by atoms with Crippen LogP contribution in [-0.2, 0) is 4.74 Å². The summed E-state index contributed by atoms with van der Waals surface area (Å²) in [7, 11) is 0. The number of carbonyl (C=O) groups is 1. The van der Waals surface area contributed by atoms with Gasteiger partial charge in [-0.25, -0.2) is 4.98 Å². The van der Waals surface area contributed by atoms with Crippen LogP contribution in [0.25, 0.3) is 0 Å². The summed E-state index contributed by atoms with van der Waals surface area (Å²) in [5.41, 5.74) is 2.42. The summed E-state index contributed by atoms with van der Waals surface area (Å²) in [5.74, 6) is 0.364. The second-order valence-electron chi connectivity index (χ2n) is 5.63. The molecule has 3 rings (SSSR count). The number of nitrogens with zero attached hydrogens (tertiary/aromatic N) is 1. The number of pyridine rings is 1. The Morgan fingerprint density at radius 3 is 2.57 bits per heavy atom. The molecule has 1 aliphatic rings. The maximum absolute atomic E-state index is 12.2. The van der Waals surface area contributed by atoms with Gasteiger partial charge in [0.25, 0.3) is 5.91 Å². The second-order valence-corrected chi connectivity index (χ2v) is 5.63. The van der Waals surface area contributed by atoms with Gasteiger partial charge in [0, 0.05) is 30.8 Å². The van der Waals surface area contributed by atoms with E-state index in [1.54, 1.807) is 12.1 Å². The first-order valence-electron chi connectivity index (χ1n) is 7.79. The monoisotopic (exact) mass is 312 g/mol. The number of carbonyl (C=O) groups excluding carboxylic acids is 1. The van der Waals surface area contributed by atoms with Crippen LogP contribution >= 0.6 is 0 Å². The predicted molar refractivity (Wildman–Crippen MR) is 87.8 cm³/mol. The van der Waals surface area contributed by atoms with Gasteiger partial charge in [-0.05, 0) is 25.1 Å². The SMILES string of the molecule is Cc1ccc(NC(=O)c2ccc(OC3CCOCC3)nc2)cc1. The number of aromatic nitrogens is 1. The van der Waals surface area contributed by atoms with E-state index >= 15 is 0 Å². The highest BCUT2D eigenvalue weighted by molar-refractivity contribution is 6.04. The molecule has 0 unspecified atom stereocenters. The highest BCUT2D eigenvalue weighted by Crippen LogP contribution is 2.17. The standard InChI is InChI=1S/C18H20N2O3/c1-13-2-5-15(6-3-13)20-18(21)14-4-7-17(19-12-14)23-16-8-10-22-11-9-16/h2-7,12,16H,8-11H2,1H3,(H,20,21). The third-order valence-corrected chi connectivity index (χ3v) is 3.76. The zero-order valence-electron chi connectivity index (χ0n) is 13.1. The van der Waals surface area contributed by atoms with Crippen molar-refractivity contribution in [1.29, 1.82) is 0 Å². The molecule has 1 fully saturated rings. The first-order valence-corrected chi connectivity index (χ1v) is 7.79. The Bertz CT molecular complexity index is 647. The summed E-state index contributed by atoms with van der Waals surface area (Å²) < 4.78 is 11.1. The first-order chi connectivity index (χ1) is 11.2. The van der Waals surface area contributed by atoms with Crippen LogP contribution in [0.5, 0.6) is 5.88 Å². The minimum atomic E-state index is -0.182. The molecule has 1 amide bonds. The van der Waals surface area contributed by atoms with E-state index in [9.17, 15) is 4.79 Å². The molecular weight excluding hydrogens is 292 g/mol. The molecule has 0 atom stereocenters. The van der Waals surface area contributed by atoms with Crippen LogP contribution in [0, 0.1) is 6.92 Å². The number of hydrogen-bond acceptors (Lipinski definition) is 4. The van der Waals surface area contributed by atoms with Gasteiger partial charge >= 0.3 is 0 Å². The molecular formula is C18H20N2O3. The van der Waals surface area contributed by atoms with Crippen LogP contribution in [0.15, 0.2) is 42.6 Å². The normalized spacial score (nSPS) is 15.2. The smallest absolute Gasteiger partial charge is 0.257 e. The lowest BCUT2D eigenvalue weighted by molar-refractivity contribution is 0.0237. The summed E-state index contributed by atoms with van der Waals surface area (Å²) in [6, 6.07) is 11.1. The Kier molecular flexibility index (Phi) is 4.88. The highest BCUT2D eigenvalue weighted by atomic mass is 16.5. The van der Waals surface area contributed by atoms with Crippen molar-refractivity contribution in [3.63, 3.8) is 0 Å². The number of ether oxygens (including phenoxy) is 2. The molecule has 23 heavy (non-hydrogen) atoms. The van der Waals surface area contributed by atoms with E-state index in [1.807, 2.05) is 31.2 Å². The van der Waals surface area contributed by atoms with Crippen molar-refractivity contribution < 1.29 is 14.3 Å². The van der Waals surface area contributed by atoms with Gasteiger partial charge in [-0.2, -0.15) is 0 Å². The van der Waals surface area contributed by atoms with Gasteiger partial charge in [0.15, 0.2) is 0 Å². The van der Waals surface area contributed by atoms with Gasteiger partial charge < -0.3 is 14.8 Å². The number of anilines is 1. The van der Waals surface area contributed by atoms with Crippen LogP contribution < -0.4 is 10.1 Å². The molecule has 0 saturated carbocycles. The molecule has 120 valence electrons. The molecule has 1 aromatic heterocycles. The number of aryl methyl sites for hydroxylation is 1. The largest absolute Gasteiger partial charge is 0.474 e. The van der Waals surface area contributed by atoms with Gasteiger partial charge in [0.1, 0.15) is 6.10 Å². The van der Waals surface area contributed by atoms with Crippen molar-refractivity contribution >= 4 is 11.6 Å². The molecule has 0 bridgehead atoms. The molecule has 1 aliphatic heterocycles. The van der Waals surface area contributed by atoms with Gasteiger partial charge in [0.2, 0.25) is 5.88 Å². The maximum Gasteiger partial charge on any atom is 0.257 e. The average molecular weight is 312 g/mol. The zero-order valence-corrected chi connectivity index (χ0v) is 13.1. The molecule has 0 radical (unpaired) electrons. The zero-order chi connectivity index (χ0) is 16.1. The fraction of sp³-hybridized carbons (Fsp3) is 0.333. The third-order valence-electron chi connectivity index (χ3n) is 3.76. The van der Waals surface area contributed by atoms with Crippen LogP contribution in [-0.4, -0.2) is 30.2 Å². The van der Waals surface area contributed by atoms with Gasteiger partial charge in [-0.3, -0.25) is 4.79 Å². The fourth-order valence-corrected chi connectivity index (χ4v) is 2.39. The highest BCUT2D eigenvalue weighted by Gasteiger charge is 2.16. The molecule has 1 N–H and O–H groups in total. The van der Waals surface area contributed by atoms with Crippen molar-refractivity contribution in [3.8, 4) is 5.88 Å². The van der Waals surface area contributed by atoms with E-state index in [0.717, 1.165) is 37.3 Å². The molecule has 5 heteroatoms. The van der Waals surface area contributed by atoms with E-state index in [2.05, 4.69) is 10.3 Å². The summed E-state index contributed by atoms with van der Waals surface area (Å²) >= 11 is 0. The maximum atomic E-state index is 12.2. The van der Waals surface area contributed by atoms with Crippen LogP contribution in [0.3, 0.4) is 0 Å². The number of rotatable bonds is 4. The summed E-state index contributed by atoms with van der Waals surface area (Å²) in [5, 5.41) is 2.85. The average Bonchev–Trinajstić information content (AvgIpc) is 2.58. The molecule has 0 spiro atoms. The lowest BCUT2D eigenvalue weighted by atomic mass is 10.1. The Labute approximate surface area is 135 Å². The van der Waals surface area contributed by atoms with E-state index in [0.29, 0.717) is 11.4 Å². The Hall–Kier alpha value is -2.40. The fourth-order valence-electron chi connectivity index (χ4n) is 2.39. The van der Waals surface area contributed by atoms with Gasteiger partial charge in [-0.15, -0.1) is 0 Å². The van der Waals surface area contributed by atoms with E-state index < -0.39 is 0 Å². The number of hydrogen-bond donors (Lipinski definition) is 1. The van der Waals surface area contributed by atoms with Gasteiger partial charge in [0.05, 0.1) is 18.8 Å². The summed E-state index contributed by atoms with van der Waals surface area (Å²) in [6.45, 7) is 3.45. The first kappa shape index (κ1) is 15.5. The van der Waals surface area contributed by atoms with Crippen molar-refractivity contribution in [2.24, 2.45) is 0 Å². The lowest BCUT2D eigenvalue weighted by Crippen LogP contribution is -2.26. The quantitative estimate of drug-likeness (QED) is 0.942. The Balaban J connectivity index is 1.59. The van der Waals surface area contributed by atoms with Crippen LogP contribution in [0.1, 0.15) is 28.8 Å². The van der Waals surface area contributed by atoms with Crippen molar-refractivity contribution in [2.75, 3.05) is 18.5 Å². The minimum Gasteiger partial charge on any atom is -0.474 e.